The Hall–Kier alpha value is -0.120. The van der Waals surface area contributed by atoms with Gasteiger partial charge in [0.1, 0.15) is 0 Å². The average Bonchev–Trinajstić information content (AvgIpc) is 3.12. The van der Waals surface area contributed by atoms with E-state index < -0.39 is 5.60 Å². The average molecular weight is 252 g/mol. The van der Waals surface area contributed by atoms with Crippen molar-refractivity contribution in [1.82, 2.24) is 10.2 Å². The SMILES string of the molecule is CC1CC(NCC2(O)CCCCC2)CN1C1CC1. The molecule has 0 radical (unpaired) electrons. The molecule has 0 aromatic carbocycles. The molecule has 3 rings (SSSR count). The second kappa shape index (κ2) is 5.10. The summed E-state index contributed by atoms with van der Waals surface area (Å²) in [4.78, 5) is 2.67. The van der Waals surface area contributed by atoms with Crippen LogP contribution in [-0.2, 0) is 0 Å². The van der Waals surface area contributed by atoms with Crippen molar-refractivity contribution in [3.8, 4) is 0 Å². The van der Waals surface area contributed by atoms with Crippen molar-refractivity contribution >= 4 is 0 Å². The van der Waals surface area contributed by atoms with Crippen LogP contribution in [0.4, 0.5) is 0 Å². The van der Waals surface area contributed by atoms with Gasteiger partial charge in [-0.25, -0.2) is 0 Å². The summed E-state index contributed by atoms with van der Waals surface area (Å²) in [5.74, 6) is 0. The van der Waals surface area contributed by atoms with Crippen LogP contribution in [0.3, 0.4) is 0 Å². The first-order chi connectivity index (χ1) is 8.66. The fourth-order valence-corrected chi connectivity index (χ4v) is 3.84. The van der Waals surface area contributed by atoms with E-state index in [2.05, 4.69) is 17.1 Å². The van der Waals surface area contributed by atoms with Gasteiger partial charge in [-0.2, -0.15) is 0 Å². The molecular weight excluding hydrogens is 224 g/mol. The fourth-order valence-electron chi connectivity index (χ4n) is 3.84. The lowest BCUT2D eigenvalue weighted by Crippen LogP contribution is -2.46. The summed E-state index contributed by atoms with van der Waals surface area (Å²) >= 11 is 0. The predicted octanol–water partition coefficient (Wildman–Crippen LogP) is 1.90. The Morgan fingerprint density at radius 1 is 1.22 bits per heavy atom. The van der Waals surface area contributed by atoms with Gasteiger partial charge in [0.25, 0.3) is 0 Å². The van der Waals surface area contributed by atoms with Crippen molar-refractivity contribution in [3.63, 3.8) is 0 Å². The summed E-state index contributed by atoms with van der Waals surface area (Å²) in [6.07, 6.45) is 9.76. The minimum absolute atomic E-state index is 0.408. The summed E-state index contributed by atoms with van der Waals surface area (Å²) in [5.41, 5.74) is -0.408. The van der Waals surface area contributed by atoms with E-state index in [-0.39, 0.29) is 0 Å². The molecule has 104 valence electrons. The van der Waals surface area contributed by atoms with E-state index in [4.69, 9.17) is 0 Å². The standard InChI is InChI=1S/C15H28N2O/c1-12-9-13(10-17(12)14-5-6-14)16-11-15(18)7-3-2-4-8-15/h12-14,16,18H,2-11H2,1H3. The summed E-state index contributed by atoms with van der Waals surface area (Å²) < 4.78 is 0. The Morgan fingerprint density at radius 2 is 1.94 bits per heavy atom. The first-order valence-electron chi connectivity index (χ1n) is 7.88. The lowest BCUT2D eigenvalue weighted by molar-refractivity contribution is 0.00285. The van der Waals surface area contributed by atoms with Gasteiger partial charge in [-0.05, 0) is 39.0 Å². The highest BCUT2D eigenvalue weighted by atomic mass is 16.3. The van der Waals surface area contributed by atoms with E-state index in [0.29, 0.717) is 6.04 Å². The van der Waals surface area contributed by atoms with E-state index in [0.717, 1.165) is 31.5 Å². The molecule has 0 amide bonds. The van der Waals surface area contributed by atoms with Gasteiger partial charge >= 0.3 is 0 Å². The Morgan fingerprint density at radius 3 is 2.61 bits per heavy atom. The zero-order valence-corrected chi connectivity index (χ0v) is 11.7. The molecular formula is C15H28N2O. The molecule has 2 atom stereocenters. The quantitative estimate of drug-likeness (QED) is 0.802. The molecule has 1 heterocycles. The summed E-state index contributed by atoms with van der Waals surface area (Å²) in [7, 11) is 0. The monoisotopic (exact) mass is 252 g/mol. The van der Waals surface area contributed by atoms with Crippen LogP contribution in [0.2, 0.25) is 0 Å². The van der Waals surface area contributed by atoms with Gasteiger partial charge in [0.15, 0.2) is 0 Å². The molecule has 1 saturated heterocycles. The van der Waals surface area contributed by atoms with Gasteiger partial charge in [-0.3, -0.25) is 4.90 Å². The highest BCUT2D eigenvalue weighted by molar-refractivity contribution is 4.97. The number of aliphatic hydroxyl groups is 1. The van der Waals surface area contributed by atoms with E-state index >= 15 is 0 Å². The minimum atomic E-state index is -0.408. The van der Waals surface area contributed by atoms with E-state index in [1.54, 1.807) is 0 Å². The third kappa shape index (κ3) is 2.89. The summed E-state index contributed by atoms with van der Waals surface area (Å²) in [5, 5.41) is 14.2. The van der Waals surface area contributed by atoms with E-state index in [1.807, 2.05) is 0 Å². The zero-order valence-electron chi connectivity index (χ0n) is 11.7. The van der Waals surface area contributed by atoms with Gasteiger partial charge in [0.05, 0.1) is 5.60 Å². The molecule has 18 heavy (non-hydrogen) atoms. The third-order valence-corrected chi connectivity index (χ3v) is 5.14. The lowest BCUT2D eigenvalue weighted by atomic mass is 9.84. The van der Waals surface area contributed by atoms with Crippen molar-refractivity contribution in [2.75, 3.05) is 13.1 Å². The van der Waals surface area contributed by atoms with Crippen molar-refractivity contribution < 1.29 is 5.11 Å². The summed E-state index contributed by atoms with van der Waals surface area (Å²) in [6, 6.07) is 2.21. The first kappa shape index (κ1) is 12.9. The van der Waals surface area contributed by atoms with E-state index in [9.17, 15) is 5.11 Å². The van der Waals surface area contributed by atoms with Crippen LogP contribution in [0.5, 0.6) is 0 Å². The normalized spacial score (nSPS) is 37.0. The number of likely N-dealkylation sites (tertiary alicyclic amines) is 1. The molecule has 3 nitrogen and oxygen atoms in total. The highest BCUT2D eigenvalue weighted by Crippen LogP contribution is 2.33. The Labute approximate surface area is 111 Å². The van der Waals surface area contributed by atoms with Crippen LogP contribution in [0.1, 0.15) is 58.3 Å². The molecule has 0 bridgehead atoms. The van der Waals surface area contributed by atoms with Crippen LogP contribution in [0.25, 0.3) is 0 Å². The second-order valence-electron chi connectivity index (χ2n) is 6.88. The fraction of sp³-hybridized carbons (Fsp3) is 1.00. The van der Waals surface area contributed by atoms with Gasteiger partial charge in [0.2, 0.25) is 0 Å². The number of hydrogen-bond donors (Lipinski definition) is 2. The van der Waals surface area contributed by atoms with Crippen molar-refractivity contribution in [2.45, 2.75) is 82.0 Å². The minimum Gasteiger partial charge on any atom is -0.389 e. The first-order valence-corrected chi connectivity index (χ1v) is 7.88. The highest BCUT2D eigenvalue weighted by Gasteiger charge is 2.39. The predicted molar refractivity (Wildman–Crippen MR) is 73.6 cm³/mol. The molecule has 3 fully saturated rings. The third-order valence-electron chi connectivity index (χ3n) is 5.14. The molecule has 0 spiro atoms. The smallest absolute Gasteiger partial charge is 0.0771 e. The number of nitrogens with one attached hydrogen (secondary N) is 1. The number of hydrogen-bond acceptors (Lipinski definition) is 3. The van der Waals surface area contributed by atoms with Gasteiger partial charge in [-0.15, -0.1) is 0 Å². The van der Waals surface area contributed by atoms with Gasteiger partial charge in [-0.1, -0.05) is 19.3 Å². The van der Waals surface area contributed by atoms with Crippen LogP contribution in [0.15, 0.2) is 0 Å². The number of rotatable bonds is 4. The van der Waals surface area contributed by atoms with Crippen LogP contribution in [-0.4, -0.2) is 46.8 Å². The van der Waals surface area contributed by atoms with Crippen molar-refractivity contribution in [1.29, 1.82) is 0 Å². The molecule has 2 N–H and O–H groups in total. The lowest BCUT2D eigenvalue weighted by Gasteiger charge is -2.33. The topological polar surface area (TPSA) is 35.5 Å². The van der Waals surface area contributed by atoms with Gasteiger partial charge < -0.3 is 10.4 Å². The molecule has 2 aliphatic carbocycles. The van der Waals surface area contributed by atoms with E-state index in [1.165, 1.54) is 45.1 Å². The maximum atomic E-state index is 10.5. The summed E-state index contributed by atoms with van der Waals surface area (Å²) in [6.45, 7) is 4.36. The molecule has 0 aromatic heterocycles. The van der Waals surface area contributed by atoms with Gasteiger partial charge in [0, 0.05) is 31.2 Å². The van der Waals surface area contributed by atoms with Crippen molar-refractivity contribution in [2.24, 2.45) is 0 Å². The molecule has 2 saturated carbocycles. The van der Waals surface area contributed by atoms with Crippen LogP contribution < -0.4 is 5.32 Å². The molecule has 2 unspecified atom stereocenters. The Kier molecular flexibility index (Phi) is 3.65. The van der Waals surface area contributed by atoms with Crippen molar-refractivity contribution in [3.05, 3.63) is 0 Å². The maximum absolute atomic E-state index is 10.5. The molecule has 3 aliphatic rings. The second-order valence-corrected chi connectivity index (χ2v) is 6.88. The maximum Gasteiger partial charge on any atom is 0.0771 e. The largest absolute Gasteiger partial charge is 0.389 e. The Balaban J connectivity index is 1.45. The zero-order chi connectivity index (χ0) is 12.6. The van der Waals surface area contributed by atoms with Crippen LogP contribution >= 0.6 is 0 Å². The van der Waals surface area contributed by atoms with Crippen LogP contribution in [0, 0.1) is 0 Å². The molecule has 1 aliphatic heterocycles. The Bertz CT molecular complexity index is 284. The molecule has 0 aromatic rings. The molecule has 3 heteroatoms. The number of nitrogens with zero attached hydrogens (tertiary/aromatic N) is 1.